The lowest BCUT2D eigenvalue weighted by molar-refractivity contribution is -0.217. The largest absolute Gasteiger partial charge is 0.508 e. The van der Waals surface area contributed by atoms with Crippen LogP contribution in [0.4, 0.5) is 0 Å². The van der Waals surface area contributed by atoms with Gasteiger partial charge in [0, 0.05) is 11.5 Å². The summed E-state index contributed by atoms with van der Waals surface area (Å²) in [5, 5.41) is 31.5. The van der Waals surface area contributed by atoms with E-state index in [2.05, 4.69) is 47.6 Å². The van der Waals surface area contributed by atoms with Crippen LogP contribution in [-0.2, 0) is 14.3 Å². The lowest BCUT2D eigenvalue weighted by Crippen LogP contribution is -2.66. The van der Waals surface area contributed by atoms with Crippen molar-refractivity contribution in [1.29, 1.82) is 0 Å². The summed E-state index contributed by atoms with van der Waals surface area (Å²) in [5.74, 6) is -0.232. The van der Waals surface area contributed by atoms with Gasteiger partial charge in [-0.1, -0.05) is 65.3 Å². The normalized spacial score (nSPS) is 41.5. The molecular weight excluding hydrogens is 564 g/mol. The van der Waals surface area contributed by atoms with Crippen LogP contribution in [0.3, 0.4) is 0 Å². The zero-order chi connectivity index (χ0) is 32.6. The maximum absolute atomic E-state index is 13.3. The number of phenols is 1. The molecule has 6 nitrogen and oxygen atoms in total. The molecule has 1 aromatic carbocycles. The molecule has 1 aromatic rings. The van der Waals surface area contributed by atoms with Crippen molar-refractivity contribution in [3.8, 4) is 5.75 Å². The van der Waals surface area contributed by atoms with Gasteiger partial charge in [-0.15, -0.1) is 0 Å². The Morgan fingerprint density at radius 3 is 2.29 bits per heavy atom. The Hall–Kier alpha value is -2.60. The number of aliphatic hydroxyl groups is 1. The molecule has 246 valence electrons. The highest BCUT2D eigenvalue weighted by Gasteiger charge is 2.70. The number of carbonyl (C=O) groups excluding carboxylic acids is 1. The smallest absolute Gasteiger partial charge is 0.330 e. The van der Waals surface area contributed by atoms with Crippen LogP contribution in [0, 0.1) is 50.2 Å². The van der Waals surface area contributed by atoms with E-state index in [1.165, 1.54) is 11.6 Å². The quantitative estimate of drug-likeness (QED) is 0.175. The first-order valence-electron chi connectivity index (χ1n) is 17.3. The Morgan fingerprint density at radius 2 is 1.60 bits per heavy atom. The number of aromatic hydroxyl groups is 1. The van der Waals surface area contributed by atoms with Crippen LogP contribution >= 0.6 is 0 Å². The van der Waals surface area contributed by atoms with Crippen LogP contribution in [0.2, 0.25) is 0 Å². The molecule has 5 aliphatic carbocycles. The number of aliphatic carboxylic acids is 1. The van der Waals surface area contributed by atoms with E-state index in [-0.39, 0.29) is 46.0 Å². The molecule has 0 spiro atoms. The summed E-state index contributed by atoms with van der Waals surface area (Å²) >= 11 is 0. The van der Waals surface area contributed by atoms with Gasteiger partial charge in [0.15, 0.2) is 0 Å². The van der Waals surface area contributed by atoms with Crippen molar-refractivity contribution in [2.24, 2.45) is 50.2 Å². The standard InChI is InChI=1S/C39H54O6/c1-34(2)19-20-38(33(43)44)21-22-39(24-45-32(42)14-9-25-7-10-26(40)11-8-25)27(28(38)23-34)12-13-30-36(5)17-16-31(41)35(3,4)29(36)15-18-37(30,39)6/h7-12,14,28-31,40-41H,13,15-24H2,1-6H3,(H,43,44)/b14-9+/t28-,29+,30+,31-,36-,37+,38-,39-/m0/s1. The number of esters is 1. The van der Waals surface area contributed by atoms with Crippen LogP contribution in [0.15, 0.2) is 42.0 Å². The van der Waals surface area contributed by atoms with Crippen molar-refractivity contribution in [2.45, 2.75) is 112 Å². The van der Waals surface area contributed by atoms with Crippen molar-refractivity contribution < 1.29 is 29.6 Å². The molecule has 0 bridgehead atoms. The Morgan fingerprint density at radius 1 is 0.911 bits per heavy atom. The van der Waals surface area contributed by atoms with Gasteiger partial charge in [-0.3, -0.25) is 4.79 Å². The van der Waals surface area contributed by atoms with Crippen LogP contribution in [-0.4, -0.2) is 40.0 Å². The molecule has 0 unspecified atom stereocenters. The molecule has 6 rings (SSSR count). The minimum Gasteiger partial charge on any atom is -0.508 e. The van der Waals surface area contributed by atoms with E-state index in [1.807, 2.05) is 0 Å². The van der Waals surface area contributed by atoms with Crippen LogP contribution < -0.4 is 0 Å². The molecule has 4 saturated carbocycles. The molecule has 0 heterocycles. The monoisotopic (exact) mass is 618 g/mol. The molecule has 0 saturated heterocycles. The molecule has 45 heavy (non-hydrogen) atoms. The third kappa shape index (κ3) is 4.83. The predicted molar refractivity (Wildman–Crippen MR) is 175 cm³/mol. The molecule has 4 fully saturated rings. The van der Waals surface area contributed by atoms with Gasteiger partial charge in [-0.25, -0.2) is 4.79 Å². The fourth-order valence-corrected chi connectivity index (χ4v) is 11.7. The second-order valence-corrected chi connectivity index (χ2v) is 17.3. The minimum absolute atomic E-state index is 0.0285. The number of hydrogen-bond donors (Lipinski definition) is 3. The van der Waals surface area contributed by atoms with Gasteiger partial charge in [-0.05, 0) is 127 Å². The summed E-state index contributed by atoms with van der Waals surface area (Å²) in [6.07, 6.45) is 13.7. The molecule has 0 aromatic heterocycles. The summed E-state index contributed by atoms with van der Waals surface area (Å²) in [7, 11) is 0. The number of ether oxygens (including phenoxy) is 1. The lowest BCUT2D eigenvalue weighted by Gasteiger charge is -2.71. The predicted octanol–water partition coefficient (Wildman–Crippen LogP) is 8.18. The summed E-state index contributed by atoms with van der Waals surface area (Å²) in [6, 6.07) is 6.69. The van der Waals surface area contributed by atoms with E-state index in [0.717, 1.165) is 50.5 Å². The second-order valence-electron chi connectivity index (χ2n) is 17.3. The molecule has 3 N–H and O–H groups in total. The molecule has 0 amide bonds. The molecule has 0 radical (unpaired) electrons. The number of fused-ring (bicyclic) bond motifs is 7. The van der Waals surface area contributed by atoms with Gasteiger partial charge < -0.3 is 20.1 Å². The van der Waals surface area contributed by atoms with Crippen LogP contribution in [0.25, 0.3) is 6.08 Å². The summed E-state index contributed by atoms with van der Waals surface area (Å²) in [5.41, 5.74) is 0.564. The average Bonchev–Trinajstić information content (AvgIpc) is 2.97. The Balaban J connectivity index is 1.41. The van der Waals surface area contributed by atoms with E-state index < -0.39 is 22.8 Å². The van der Waals surface area contributed by atoms with Crippen molar-refractivity contribution >= 4 is 18.0 Å². The molecule has 5 aliphatic rings. The molecular formula is C39H54O6. The third-order valence-corrected chi connectivity index (χ3v) is 14.5. The van der Waals surface area contributed by atoms with Crippen molar-refractivity contribution in [2.75, 3.05) is 6.61 Å². The molecule has 6 heteroatoms. The van der Waals surface area contributed by atoms with Crippen LogP contribution in [0.1, 0.15) is 111 Å². The highest BCUT2D eigenvalue weighted by Crippen LogP contribution is 2.76. The maximum Gasteiger partial charge on any atom is 0.330 e. The van der Waals surface area contributed by atoms with Gasteiger partial charge in [-0.2, -0.15) is 0 Å². The van der Waals surface area contributed by atoms with E-state index in [9.17, 15) is 24.9 Å². The van der Waals surface area contributed by atoms with Gasteiger partial charge >= 0.3 is 11.9 Å². The van der Waals surface area contributed by atoms with E-state index in [4.69, 9.17) is 4.74 Å². The summed E-state index contributed by atoms with van der Waals surface area (Å²) in [4.78, 5) is 26.5. The zero-order valence-electron chi connectivity index (χ0n) is 28.2. The van der Waals surface area contributed by atoms with Crippen LogP contribution in [0.5, 0.6) is 5.75 Å². The first kappa shape index (κ1) is 32.3. The number of allylic oxidation sites excluding steroid dienone is 1. The lowest BCUT2D eigenvalue weighted by atomic mass is 9.33. The number of phenolic OH excluding ortho intramolecular Hbond substituents is 1. The van der Waals surface area contributed by atoms with Crippen molar-refractivity contribution in [3.05, 3.63) is 47.6 Å². The number of hydrogen-bond acceptors (Lipinski definition) is 5. The second kappa shape index (κ2) is 10.7. The van der Waals surface area contributed by atoms with Gasteiger partial charge in [0.25, 0.3) is 0 Å². The average molecular weight is 619 g/mol. The number of carboxylic acid groups (broad SMARTS) is 1. The number of carbonyl (C=O) groups is 2. The molecule has 0 aliphatic heterocycles. The fraction of sp³-hybridized carbons (Fsp3) is 0.692. The van der Waals surface area contributed by atoms with Crippen molar-refractivity contribution in [3.63, 3.8) is 0 Å². The number of carboxylic acids is 1. The summed E-state index contributed by atoms with van der Waals surface area (Å²) < 4.78 is 6.25. The SMILES string of the molecule is CC1(C)CC[C@]2(C(=O)O)CC[C@]3(COC(=O)/C=C/c4ccc(O)cc4)C(=CC[C@@H]4[C@@]5(C)CC[C@H](O)C(C)(C)[C@H]5CC[C@]43C)[C@@H]2C1. The topological polar surface area (TPSA) is 104 Å². The Kier molecular flexibility index (Phi) is 7.70. The minimum atomic E-state index is -0.769. The zero-order valence-corrected chi connectivity index (χ0v) is 28.2. The van der Waals surface area contributed by atoms with Gasteiger partial charge in [0.05, 0.1) is 11.5 Å². The maximum atomic E-state index is 13.3. The molecule has 8 atom stereocenters. The third-order valence-electron chi connectivity index (χ3n) is 14.5. The number of aliphatic hydroxyl groups excluding tert-OH is 1. The first-order chi connectivity index (χ1) is 21.0. The number of benzene rings is 1. The highest BCUT2D eigenvalue weighted by atomic mass is 16.5. The highest BCUT2D eigenvalue weighted by molar-refractivity contribution is 5.87. The van der Waals surface area contributed by atoms with Crippen molar-refractivity contribution in [1.82, 2.24) is 0 Å². The first-order valence-corrected chi connectivity index (χ1v) is 17.3. The Labute approximate surface area is 269 Å². The van der Waals surface area contributed by atoms with E-state index >= 15 is 0 Å². The van der Waals surface area contributed by atoms with Gasteiger partial charge in [0.2, 0.25) is 0 Å². The Bertz CT molecular complexity index is 1400. The van der Waals surface area contributed by atoms with E-state index in [1.54, 1.807) is 30.3 Å². The number of rotatable bonds is 5. The van der Waals surface area contributed by atoms with Gasteiger partial charge in [0.1, 0.15) is 12.4 Å². The fourth-order valence-electron chi connectivity index (χ4n) is 11.7. The summed E-state index contributed by atoms with van der Waals surface area (Å²) in [6.45, 7) is 14.2. The van der Waals surface area contributed by atoms with E-state index in [0.29, 0.717) is 31.1 Å².